The van der Waals surface area contributed by atoms with Gasteiger partial charge in [-0.25, -0.2) is 4.79 Å². The first-order valence-corrected chi connectivity index (χ1v) is 7.70. The minimum Gasteiger partial charge on any atom is -0.504 e. The van der Waals surface area contributed by atoms with Crippen LogP contribution in [0.25, 0.3) is 6.08 Å². The molecule has 0 saturated heterocycles. The van der Waals surface area contributed by atoms with Crippen molar-refractivity contribution in [3.05, 3.63) is 59.7 Å². The molecule has 1 aliphatic rings. The molecule has 128 valence electrons. The van der Waals surface area contributed by atoms with E-state index in [4.69, 9.17) is 4.74 Å². The molecule has 6 heteroatoms. The van der Waals surface area contributed by atoms with Gasteiger partial charge in [-0.3, -0.25) is 9.69 Å². The Morgan fingerprint density at radius 3 is 2.72 bits per heavy atom. The van der Waals surface area contributed by atoms with Gasteiger partial charge in [0, 0.05) is 18.2 Å². The van der Waals surface area contributed by atoms with Gasteiger partial charge in [0.2, 0.25) is 0 Å². The SMILES string of the molecule is COc1cc(/C=C/C(=O)N2c3ccccc3CC2C(=O)O)ccc1O. The highest BCUT2D eigenvalue weighted by Gasteiger charge is 2.37. The van der Waals surface area contributed by atoms with Crippen molar-refractivity contribution >= 4 is 23.6 Å². The van der Waals surface area contributed by atoms with Crippen LogP contribution in [-0.4, -0.2) is 35.2 Å². The van der Waals surface area contributed by atoms with E-state index in [0.29, 0.717) is 17.0 Å². The molecule has 2 N–H and O–H groups in total. The Balaban J connectivity index is 1.87. The fraction of sp³-hybridized carbons (Fsp3) is 0.158. The number of benzene rings is 2. The van der Waals surface area contributed by atoms with E-state index in [2.05, 4.69) is 0 Å². The fourth-order valence-corrected chi connectivity index (χ4v) is 2.90. The number of nitrogens with zero attached hydrogens (tertiary/aromatic N) is 1. The smallest absolute Gasteiger partial charge is 0.327 e. The van der Waals surface area contributed by atoms with Crippen LogP contribution in [0.5, 0.6) is 11.5 Å². The highest BCUT2D eigenvalue weighted by Crippen LogP contribution is 2.32. The molecular formula is C19H17NO5. The van der Waals surface area contributed by atoms with Crippen molar-refractivity contribution in [3.63, 3.8) is 0 Å². The van der Waals surface area contributed by atoms with Gasteiger partial charge in [-0.1, -0.05) is 24.3 Å². The molecule has 1 atom stereocenters. The Bertz CT molecular complexity index is 859. The zero-order valence-electron chi connectivity index (χ0n) is 13.5. The Morgan fingerprint density at radius 1 is 1.24 bits per heavy atom. The number of amides is 1. The summed E-state index contributed by atoms with van der Waals surface area (Å²) in [5.74, 6) is -1.15. The van der Waals surface area contributed by atoms with E-state index < -0.39 is 17.9 Å². The number of carbonyl (C=O) groups is 2. The number of phenolic OH excluding ortho intramolecular Hbond substituents is 1. The van der Waals surface area contributed by atoms with E-state index in [1.165, 1.54) is 24.2 Å². The summed E-state index contributed by atoms with van der Waals surface area (Å²) in [6.45, 7) is 0. The molecule has 0 radical (unpaired) electrons. The van der Waals surface area contributed by atoms with Crippen LogP contribution in [0, 0.1) is 0 Å². The summed E-state index contributed by atoms with van der Waals surface area (Å²) in [6, 6.07) is 10.9. The number of carbonyl (C=O) groups excluding carboxylic acids is 1. The number of ether oxygens (including phenoxy) is 1. The number of phenols is 1. The second kappa shape index (κ2) is 6.68. The maximum Gasteiger partial charge on any atom is 0.327 e. The fourth-order valence-electron chi connectivity index (χ4n) is 2.90. The molecular weight excluding hydrogens is 322 g/mol. The summed E-state index contributed by atoms with van der Waals surface area (Å²) in [5, 5.41) is 19.0. The van der Waals surface area contributed by atoms with Crippen LogP contribution in [0.15, 0.2) is 48.5 Å². The molecule has 0 spiro atoms. The van der Waals surface area contributed by atoms with E-state index in [9.17, 15) is 19.8 Å². The second-order valence-electron chi connectivity index (χ2n) is 5.66. The van der Waals surface area contributed by atoms with E-state index in [0.717, 1.165) is 5.56 Å². The summed E-state index contributed by atoms with van der Waals surface area (Å²) in [7, 11) is 1.44. The van der Waals surface area contributed by atoms with Gasteiger partial charge >= 0.3 is 5.97 Å². The highest BCUT2D eigenvalue weighted by molar-refractivity contribution is 6.09. The molecule has 1 unspecified atom stereocenters. The van der Waals surface area contributed by atoms with Gasteiger partial charge in [0.05, 0.1) is 7.11 Å². The summed E-state index contributed by atoms with van der Waals surface area (Å²) in [4.78, 5) is 25.4. The van der Waals surface area contributed by atoms with E-state index >= 15 is 0 Å². The average molecular weight is 339 g/mol. The van der Waals surface area contributed by atoms with Crippen molar-refractivity contribution in [2.75, 3.05) is 12.0 Å². The maximum atomic E-state index is 12.6. The normalized spacial score (nSPS) is 16.0. The predicted octanol–water partition coefficient (Wildman–Crippen LogP) is 2.46. The second-order valence-corrected chi connectivity index (χ2v) is 5.66. The Kier molecular flexibility index (Phi) is 4.43. The minimum absolute atomic E-state index is 0.00499. The molecule has 2 aromatic rings. The first kappa shape index (κ1) is 16.6. The third-order valence-electron chi connectivity index (χ3n) is 4.12. The van der Waals surface area contributed by atoms with Crippen molar-refractivity contribution in [1.82, 2.24) is 0 Å². The van der Waals surface area contributed by atoms with E-state index in [1.54, 1.807) is 30.3 Å². The number of aliphatic carboxylic acids is 1. The topological polar surface area (TPSA) is 87.1 Å². The van der Waals surface area contributed by atoms with Crippen molar-refractivity contribution in [2.24, 2.45) is 0 Å². The third-order valence-corrected chi connectivity index (χ3v) is 4.12. The van der Waals surface area contributed by atoms with Crippen molar-refractivity contribution in [1.29, 1.82) is 0 Å². The van der Waals surface area contributed by atoms with Crippen LogP contribution < -0.4 is 9.64 Å². The van der Waals surface area contributed by atoms with Gasteiger partial charge in [0.25, 0.3) is 5.91 Å². The van der Waals surface area contributed by atoms with Gasteiger partial charge in [0.1, 0.15) is 6.04 Å². The monoisotopic (exact) mass is 339 g/mol. The number of carboxylic acid groups (broad SMARTS) is 1. The lowest BCUT2D eigenvalue weighted by Crippen LogP contribution is -2.42. The van der Waals surface area contributed by atoms with Gasteiger partial charge in [-0.15, -0.1) is 0 Å². The van der Waals surface area contributed by atoms with Crippen LogP contribution in [0.4, 0.5) is 5.69 Å². The number of aromatic hydroxyl groups is 1. The van der Waals surface area contributed by atoms with Crippen LogP contribution in [0.3, 0.4) is 0 Å². The van der Waals surface area contributed by atoms with Gasteiger partial charge < -0.3 is 14.9 Å². The number of carboxylic acids is 1. The maximum absolute atomic E-state index is 12.6. The molecule has 1 aliphatic heterocycles. The largest absolute Gasteiger partial charge is 0.504 e. The van der Waals surface area contributed by atoms with Gasteiger partial charge in [0.15, 0.2) is 11.5 Å². The summed E-state index contributed by atoms with van der Waals surface area (Å²) in [5.41, 5.74) is 2.11. The molecule has 2 aromatic carbocycles. The number of fused-ring (bicyclic) bond motifs is 1. The van der Waals surface area contributed by atoms with E-state index in [1.807, 2.05) is 12.1 Å². The zero-order valence-corrected chi connectivity index (χ0v) is 13.5. The minimum atomic E-state index is -1.04. The summed E-state index contributed by atoms with van der Waals surface area (Å²) >= 11 is 0. The molecule has 6 nitrogen and oxygen atoms in total. The standard InChI is InChI=1S/C19H17NO5/c1-25-17-10-12(6-8-16(17)21)7-9-18(22)20-14-5-3-2-4-13(14)11-15(20)19(23)24/h2-10,15,21H,11H2,1H3,(H,23,24)/b9-7+. The molecule has 25 heavy (non-hydrogen) atoms. The van der Waals surface area contributed by atoms with Crippen molar-refractivity contribution < 1.29 is 24.5 Å². The quantitative estimate of drug-likeness (QED) is 0.836. The molecule has 0 aliphatic carbocycles. The Morgan fingerprint density at radius 2 is 2.00 bits per heavy atom. The first-order chi connectivity index (χ1) is 12.0. The lowest BCUT2D eigenvalue weighted by atomic mass is 10.1. The van der Waals surface area contributed by atoms with Crippen LogP contribution in [0.2, 0.25) is 0 Å². The lowest BCUT2D eigenvalue weighted by Gasteiger charge is -2.21. The van der Waals surface area contributed by atoms with E-state index in [-0.39, 0.29) is 12.2 Å². The predicted molar refractivity (Wildman–Crippen MR) is 92.7 cm³/mol. The molecule has 3 rings (SSSR count). The number of hydrogen-bond donors (Lipinski definition) is 2. The number of methoxy groups -OCH3 is 1. The molecule has 0 aromatic heterocycles. The molecule has 1 heterocycles. The molecule has 1 amide bonds. The number of para-hydroxylation sites is 1. The highest BCUT2D eigenvalue weighted by atomic mass is 16.5. The van der Waals surface area contributed by atoms with Crippen molar-refractivity contribution in [2.45, 2.75) is 12.5 Å². The lowest BCUT2D eigenvalue weighted by molar-refractivity contribution is -0.139. The van der Waals surface area contributed by atoms with Crippen molar-refractivity contribution in [3.8, 4) is 11.5 Å². The number of hydrogen-bond acceptors (Lipinski definition) is 4. The zero-order chi connectivity index (χ0) is 18.0. The third kappa shape index (κ3) is 3.19. The molecule has 0 saturated carbocycles. The summed E-state index contributed by atoms with van der Waals surface area (Å²) in [6.07, 6.45) is 3.17. The van der Waals surface area contributed by atoms with Gasteiger partial charge in [-0.2, -0.15) is 0 Å². The Labute approximate surface area is 144 Å². The number of rotatable bonds is 4. The van der Waals surface area contributed by atoms with Crippen LogP contribution in [-0.2, 0) is 16.0 Å². The van der Waals surface area contributed by atoms with Crippen LogP contribution in [0.1, 0.15) is 11.1 Å². The average Bonchev–Trinajstić information content (AvgIpc) is 3.00. The Hall–Kier alpha value is -3.28. The number of anilines is 1. The summed E-state index contributed by atoms with van der Waals surface area (Å²) < 4.78 is 5.03. The molecule has 0 bridgehead atoms. The van der Waals surface area contributed by atoms with Gasteiger partial charge in [-0.05, 0) is 35.4 Å². The first-order valence-electron chi connectivity index (χ1n) is 7.70. The molecule has 0 fully saturated rings. The van der Waals surface area contributed by atoms with Crippen LogP contribution >= 0.6 is 0 Å².